The van der Waals surface area contributed by atoms with E-state index in [1.54, 1.807) is 7.11 Å². The molecule has 0 aromatic rings. The molecule has 0 atom stereocenters. The van der Waals surface area contributed by atoms with Crippen LogP contribution in [0.2, 0.25) is 0 Å². The second-order valence-corrected chi connectivity index (χ2v) is 3.97. The molecule has 0 bridgehead atoms. The smallest absolute Gasteiger partial charge is 0.0530 e. The van der Waals surface area contributed by atoms with Gasteiger partial charge >= 0.3 is 0 Å². The molecule has 60 valence electrons. The fourth-order valence-electron chi connectivity index (χ4n) is 1.32. The summed E-state index contributed by atoms with van der Waals surface area (Å²) in [5, 5.41) is 0. The molecule has 0 spiro atoms. The van der Waals surface area contributed by atoms with Crippen LogP contribution in [-0.2, 0) is 4.74 Å². The molecule has 0 radical (unpaired) electrons. The standard InChI is InChI=1S/C8H17NO/c1-7(2,6-10-3)8(9)4-5-8/h4-6,9H2,1-3H3. The zero-order valence-corrected chi connectivity index (χ0v) is 7.11. The lowest BCUT2D eigenvalue weighted by Crippen LogP contribution is -2.42. The second kappa shape index (κ2) is 2.21. The maximum atomic E-state index is 6.03. The van der Waals surface area contributed by atoms with Crippen LogP contribution in [0.4, 0.5) is 0 Å². The summed E-state index contributed by atoms with van der Waals surface area (Å²) in [6.45, 7) is 5.11. The van der Waals surface area contributed by atoms with E-state index in [1.807, 2.05) is 0 Å². The van der Waals surface area contributed by atoms with Gasteiger partial charge in [0.2, 0.25) is 0 Å². The van der Waals surface area contributed by atoms with Crippen LogP contribution in [0.3, 0.4) is 0 Å². The Morgan fingerprint density at radius 3 is 2.30 bits per heavy atom. The lowest BCUT2D eigenvalue weighted by molar-refractivity contribution is 0.0783. The molecule has 1 aliphatic carbocycles. The van der Waals surface area contributed by atoms with E-state index in [2.05, 4.69) is 13.8 Å². The highest BCUT2D eigenvalue weighted by atomic mass is 16.5. The first-order valence-corrected chi connectivity index (χ1v) is 3.80. The van der Waals surface area contributed by atoms with Crippen molar-refractivity contribution in [2.75, 3.05) is 13.7 Å². The van der Waals surface area contributed by atoms with Gasteiger partial charge in [-0.3, -0.25) is 0 Å². The molecule has 2 heteroatoms. The van der Waals surface area contributed by atoms with E-state index in [0.717, 1.165) is 19.4 Å². The third-order valence-corrected chi connectivity index (χ3v) is 2.64. The van der Waals surface area contributed by atoms with Crippen LogP contribution in [0.5, 0.6) is 0 Å². The molecule has 1 aliphatic rings. The van der Waals surface area contributed by atoms with E-state index in [9.17, 15) is 0 Å². The number of hydrogen-bond acceptors (Lipinski definition) is 2. The second-order valence-electron chi connectivity index (χ2n) is 3.97. The minimum Gasteiger partial charge on any atom is -0.384 e. The Morgan fingerprint density at radius 2 is 2.00 bits per heavy atom. The van der Waals surface area contributed by atoms with E-state index in [4.69, 9.17) is 10.5 Å². The lowest BCUT2D eigenvalue weighted by Gasteiger charge is -2.30. The zero-order valence-electron chi connectivity index (χ0n) is 7.11. The lowest BCUT2D eigenvalue weighted by atomic mass is 9.83. The van der Waals surface area contributed by atoms with Crippen molar-refractivity contribution in [1.29, 1.82) is 0 Å². The quantitative estimate of drug-likeness (QED) is 0.643. The molecule has 2 N–H and O–H groups in total. The van der Waals surface area contributed by atoms with E-state index >= 15 is 0 Å². The van der Waals surface area contributed by atoms with Crippen LogP contribution < -0.4 is 5.73 Å². The zero-order chi connectivity index (χ0) is 7.83. The van der Waals surface area contributed by atoms with Gasteiger partial charge < -0.3 is 10.5 Å². The Bertz CT molecular complexity index is 127. The van der Waals surface area contributed by atoms with Crippen molar-refractivity contribution in [3.63, 3.8) is 0 Å². The molecule has 0 aromatic heterocycles. The van der Waals surface area contributed by atoms with Crippen LogP contribution in [-0.4, -0.2) is 19.3 Å². The van der Waals surface area contributed by atoms with Gasteiger partial charge in [0.15, 0.2) is 0 Å². The molecule has 1 rings (SSSR count). The summed E-state index contributed by atoms with van der Waals surface area (Å²) in [5.41, 5.74) is 6.26. The summed E-state index contributed by atoms with van der Waals surface area (Å²) in [6.07, 6.45) is 2.31. The SMILES string of the molecule is COCC(C)(C)C1(N)CC1. The molecule has 0 aliphatic heterocycles. The molecule has 0 unspecified atom stereocenters. The summed E-state index contributed by atoms with van der Waals surface area (Å²) in [6, 6.07) is 0. The molecule has 10 heavy (non-hydrogen) atoms. The van der Waals surface area contributed by atoms with Gasteiger partial charge in [0.1, 0.15) is 0 Å². The highest BCUT2D eigenvalue weighted by Gasteiger charge is 2.50. The highest BCUT2D eigenvalue weighted by Crippen LogP contribution is 2.47. The summed E-state index contributed by atoms with van der Waals surface area (Å²) in [7, 11) is 1.73. The normalized spacial score (nSPS) is 22.8. The van der Waals surface area contributed by atoms with Gasteiger partial charge in [-0.15, -0.1) is 0 Å². The topological polar surface area (TPSA) is 35.2 Å². The summed E-state index contributed by atoms with van der Waals surface area (Å²) in [5.74, 6) is 0. The number of hydrogen-bond donors (Lipinski definition) is 1. The maximum absolute atomic E-state index is 6.03. The van der Waals surface area contributed by atoms with Gasteiger partial charge in [-0.1, -0.05) is 13.8 Å². The monoisotopic (exact) mass is 143 g/mol. The Kier molecular flexibility index (Phi) is 1.77. The molecule has 0 amide bonds. The van der Waals surface area contributed by atoms with Gasteiger partial charge in [-0.2, -0.15) is 0 Å². The van der Waals surface area contributed by atoms with Crippen LogP contribution in [0.1, 0.15) is 26.7 Å². The van der Waals surface area contributed by atoms with Crippen molar-refractivity contribution in [2.45, 2.75) is 32.2 Å². The van der Waals surface area contributed by atoms with Gasteiger partial charge in [-0.05, 0) is 12.8 Å². The van der Waals surface area contributed by atoms with E-state index in [1.165, 1.54) is 0 Å². The Morgan fingerprint density at radius 1 is 1.50 bits per heavy atom. The number of methoxy groups -OCH3 is 1. The number of rotatable bonds is 3. The van der Waals surface area contributed by atoms with Crippen molar-refractivity contribution in [1.82, 2.24) is 0 Å². The summed E-state index contributed by atoms with van der Waals surface area (Å²) in [4.78, 5) is 0. The average Bonchev–Trinajstić information content (AvgIpc) is 2.49. The number of nitrogens with two attached hydrogens (primary N) is 1. The molecule has 1 fully saturated rings. The summed E-state index contributed by atoms with van der Waals surface area (Å²) >= 11 is 0. The molecule has 0 saturated heterocycles. The van der Waals surface area contributed by atoms with Gasteiger partial charge in [0.05, 0.1) is 6.61 Å². The van der Waals surface area contributed by atoms with E-state index < -0.39 is 0 Å². The predicted molar refractivity (Wildman–Crippen MR) is 41.8 cm³/mol. The molecule has 0 heterocycles. The van der Waals surface area contributed by atoms with Gasteiger partial charge in [0.25, 0.3) is 0 Å². The Balaban J connectivity index is 2.50. The van der Waals surface area contributed by atoms with Crippen molar-refractivity contribution in [3.05, 3.63) is 0 Å². The minimum atomic E-state index is 0.0724. The largest absolute Gasteiger partial charge is 0.384 e. The third-order valence-electron chi connectivity index (χ3n) is 2.64. The van der Waals surface area contributed by atoms with Crippen molar-refractivity contribution in [2.24, 2.45) is 11.1 Å². The third kappa shape index (κ3) is 1.18. The fraction of sp³-hybridized carbons (Fsp3) is 1.00. The molecular formula is C8H17NO. The average molecular weight is 143 g/mol. The highest BCUT2D eigenvalue weighted by molar-refractivity contribution is 5.08. The minimum absolute atomic E-state index is 0.0724. The van der Waals surface area contributed by atoms with Crippen LogP contribution in [0, 0.1) is 5.41 Å². The van der Waals surface area contributed by atoms with Gasteiger partial charge in [0, 0.05) is 18.1 Å². The van der Waals surface area contributed by atoms with Crippen molar-refractivity contribution < 1.29 is 4.74 Å². The number of ether oxygens (including phenoxy) is 1. The molecule has 2 nitrogen and oxygen atoms in total. The molecule has 0 aromatic carbocycles. The maximum Gasteiger partial charge on any atom is 0.0530 e. The van der Waals surface area contributed by atoms with E-state index in [-0.39, 0.29) is 11.0 Å². The van der Waals surface area contributed by atoms with Crippen molar-refractivity contribution in [3.8, 4) is 0 Å². The summed E-state index contributed by atoms with van der Waals surface area (Å²) < 4.78 is 5.09. The predicted octanol–water partition coefficient (Wildman–Crippen LogP) is 1.15. The van der Waals surface area contributed by atoms with Crippen LogP contribution in [0.25, 0.3) is 0 Å². The van der Waals surface area contributed by atoms with E-state index in [0.29, 0.717) is 0 Å². The molecule has 1 saturated carbocycles. The first kappa shape index (κ1) is 8.02. The molecular weight excluding hydrogens is 126 g/mol. The van der Waals surface area contributed by atoms with Crippen molar-refractivity contribution >= 4 is 0 Å². The fourth-order valence-corrected chi connectivity index (χ4v) is 1.32. The Labute approximate surface area is 62.7 Å². The van der Waals surface area contributed by atoms with Gasteiger partial charge in [-0.25, -0.2) is 0 Å². The first-order chi connectivity index (χ1) is 4.52. The van der Waals surface area contributed by atoms with Crippen LogP contribution in [0.15, 0.2) is 0 Å². The Hall–Kier alpha value is -0.0800. The van der Waals surface area contributed by atoms with Crippen LogP contribution >= 0.6 is 0 Å². The first-order valence-electron chi connectivity index (χ1n) is 3.80.